The molecule has 0 radical (unpaired) electrons. The maximum absolute atomic E-state index is 9.84. The van der Waals surface area contributed by atoms with Gasteiger partial charge in [-0.05, 0) is 17.7 Å². The molecule has 0 saturated heterocycles. The Hall–Kier alpha value is -1.62. The van der Waals surface area contributed by atoms with E-state index in [0.717, 1.165) is 0 Å². The van der Waals surface area contributed by atoms with Crippen molar-refractivity contribution in [3.8, 4) is 0 Å². The lowest BCUT2D eigenvalue weighted by Crippen LogP contribution is -2.45. The van der Waals surface area contributed by atoms with Crippen LogP contribution < -0.4 is 5.73 Å². The molecule has 0 saturated carbocycles. The van der Waals surface area contributed by atoms with E-state index in [1.165, 1.54) is 12.2 Å². The second-order valence-corrected chi connectivity index (χ2v) is 3.73. The van der Waals surface area contributed by atoms with Crippen LogP contribution in [-0.4, -0.2) is 27.2 Å². The number of rotatable bonds is 1. The van der Waals surface area contributed by atoms with Crippen LogP contribution in [0, 0.1) is 0 Å². The fourth-order valence-electron chi connectivity index (χ4n) is 1.76. The van der Waals surface area contributed by atoms with Gasteiger partial charge in [-0.15, -0.1) is 0 Å². The largest absolute Gasteiger partial charge is 0.398 e. The van der Waals surface area contributed by atoms with E-state index in [9.17, 15) is 15.3 Å². The second-order valence-electron chi connectivity index (χ2n) is 3.73. The molecule has 4 heteroatoms. The number of aliphatic hydroxyl groups is 3. The van der Waals surface area contributed by atoms with Gasteiger partial charge < -0.3 is 21.1 Å². The minimum absolute atomic E-state index is 0.128. The predicted octanol–water partition coefficient (Wildman–Crippen LogP) is -0.0320. The molecule has 2 rings (SSSR count). The molecule has 5 N–H and O–H groups in total. The molecule has 1 aromatic carbocycles. The molecule has 1 aromatic rings. The molecule has 0 bridgehead atoms. The second kappa shape index (κ2) is 3.75. The van der Waals surface area contributed by atoms with Crippen molar-refractivity contribution >= 4 is 5.57 Å². The zero-order chi connectivity index (χ0) is 11.8. The van der Waals surface area contributed by atoms with Gasteiger partial charge in [0.2, 0.25) is 5.79 Å². The number of benzene rings is 1. The van der Waals surface area contributed by atoms with Crippen molar-refractivity contribution in [1.29, 1.82) is 0 Å². The third-order valence-electron chi connectivity index (χ3n) is 2.59. The van der Waals surface area contributed by atoms with Crippen LogP contribution in [0.25, 0.3) is 5.57 Å². The van der Waals surface area contributed by atoms with E-state index in [-0.39, 0.29) is 11.3 Å². The Morgan fingerprint density at radius 3 is 2.38 bits per heavy atom. The van der Waals surface area contributed by atoms with Crippen LogP contribution in [-0.2, 0) is 0 Å². The first kappa shape index (κ1) is 10.9. The minimum atomic E-state index is -2.35. The molecular formula is C12H13NO3. The standard InChI is InChI=1S/C12H13NO3/c13-9-6-7-10(14)12(15,16)11(9)8-4-2-1-3-5-8/h1-7,10,14-16H,13H2. The van der Waals surface area contributed by atoms with E-state index in [0.29, 0.717) is 5.56 Å². The van der Waals surface area contributed by atoms with Gasteiger partial charge in [-0.3, -0.25) is 0 Å². The van der Waals surface area contributed by atoms with E-state index < -0.39 is 11.9 Å². The molecule has 1 unspecified atom stereocenters. The van der Waals surface area contributed by atoms with Crippen molar-refractivity contribution in [3.05, 3.63) is 53.7 Å². The van der Waals surface area contributed by atoms with Crippen molar-refractivity contribution in [2.75, 3.05) is 0 Å². The van der Waals surface area contributed by atoms with Crippen LogP contribution in [0.15, 0.2) is 48.2 Å². The number of hydrogen-bond acceptors (Lipinski definition) is 4. The average Bonchev–Trinajstić information content (AvgIpc) is 2.25. The van der Waals surface area contributed by atoms with Gasteiger partial charge >= 0.3 is 0 Å². The molecule has 0 amide bonds. The molecule has 0 aromatic heterocycles. The van der Waals surface area contributed by atoms with E-state index in [1.807, 2.05) is 6.07 Å². The molecule has 1 aliphatic rings. The fraction of sp³-hybridized carbons (Fsp3) is 0.167. The predicted molar refractivity (Wildman–Crippen MR) is 59.9 cm³/mol. The topological polar surface area (TPSA) is 86.7 Å². The third kappa shape index (κ3) is 1.63. The summed E-state index contributed by atoms with van der Waals surface area (Å²) in [6.45, 7) is 0. The molecule has 0 aliphatic heterocycles. The SMILES string of the molecule is NC1=C(c2ccccc2)C(O)(O)C(O)C=C1. The Morgan fingerprint density at radius 1 is 1.12 bits per heavy atom. The maximum Gasteiger partial charge on any atom is 0.223 e. The van der Waals surface area contributed by atoms with Gasteiger partial charge in [0.05, 0.1) is 0 Å². The summed E-state index contributed by atoms with van der Waals surface area (Å²) in [5, 5.41) is 29.2. The number of hydrogen-bond donors (Lipinski definition) is 4. The van der Waals surface area contributed by atoms with Crippen LogP contribution in [0.1, 0.15) is 5.56 Å². The quantitative estimate of drug-likeness (QED) is 0.499. The van der Waals surface area contributed by atoms with Crippen molar-refractivity contribution in [2.24, 2.45) is 5.73 Å². The summed E-state index contributed by atoms with van der Waals surface area (Å²) in [6, 6.07) is 8.74. The molecule has 4 nitrogen and oxygen atoms in total. The first-order chi connectivity index (χ1) is 7.53. The minimum Gasteiger partial charge on any atom is -0.398 e. The number of allylic oxidation sites excluding steroid dienone is 1. The monoisotopic (exact) mass is 219 g/mol. The Balaban J connectivity index is 2.57. The van der Waals surface area contributed by atoms with Gasteiger partial charge in [-0.2, -0.15) is 0 Å². The molecule has 16 heavy (non-hydrogen) atoms. The molecule has 1 aliphatic carbocycles. The summed E-state index contributed by atoms with van der Waals surface area (Å²) in [6.07, 6.45) is 1.34. The smallest absolute Gasteiger partial charge is 0.223 e. The summed E-state index contributed by atoms with van der Waals surface area (Å²) >= 11 is 0. The summed E-state index contributed by atoms with van der Waals surface area (Å²) < 4.78 is 0. The van der Waals surface area contributed by atoms with Gasteiger partial charge in [0.25, 0.3) is 0 Å². The van der Waals surface area contributed by atoms with Gasteiger partial charge in [0.15, 0.2) is 0 Å². The van der Waals surface area contributed by atoms with E-state index in [1.54, 1.807) is 24.3 Å². The van der Waals surface area contributed by atoms with Crippen molar-refractivity contribution in [3.63, 3.8) is 0 Å². The molecule has 0 heterocycles. The Bertz CT molecular complexity index is 449. The molecule has 0 spiro atoms. The lowest BCUT2D eigenvalue weighted by Gasteiger charge is -2.32. The zero-order valence-electron chi connectivity index (χ0n) is 8.54. The first-order valence-electron chi connectivity index (χ1n) is 4.90. The van der Waals surface area contributed by atoms with Crippen molar-refractivity contribution in [1.82, 2.24) is 0 Å². The summed E-state index contributed by atoms with van der Waals surface area (Å²) in [5.74, 6) is -2.35. The lowest BCUT2D eigenvalue weighted by atomic mass is 9.88. The molecule has 0 fully saturated rings. The van der Waals surface area contributed by atoms with Gasteiger partial charge in [-0.1, -0.05) is 30.3 Å². The summed E-state index contributed by atoms with van der Waals surface area (Å²) in [7, 11) is 0. The highest BCUT2D eigenvalue weighted by molar-refractivity contribution is 5.77. The van der Waals surface area contributed by atoms with E-state index >= 15 is 0 Å². The van der Waals surface area contributed by atoms with E-state index in [2.05, 4.69) is 0 Å². The highest BCUT2D eigenvalue weighted by Crippen LogP contribution is 2.33. The van der Waals surface area contributed by atoms with Crippen LogP contribution in [0.3, 0.4) is 0 Å². The number of aliphatic hydroxyl groups excluding tert-OH is 1. The highest BCUT2D eigenvalue weighted by atomic mass is 16.5. The average molecular weight is 219 g/mol. The highest BCUT2D eigenvalue weighted by Gasteiger charge is 2.40. The van der Waals surface area contributed by atoms with Crippen LogP contribution in [0.2, 0.25) is 0 Å². The summed E-state index contributed by atoms with van der Waals surface area (Å²) in [4.78, 5) is 0. The Morgan fingerprint density at radius 2 is 1.75 bits per heavy atom. The molecular weight excluding hydrogens is 206 g/mol. The normalized spacial score (nSPS) is 23.6. The van der Waals surface area contributed by atoms with Gasteiger partial charge in [-0.25, -0.2) is 0 Å². The van der Waals surface area contributed by atoms with Crippen molar-refractivity contribution < 1.29 is 15.3 Å². The van der Waals surface area contributed by atoms with Crippen LogP contribution in [0.4, 0.5) is 0 Å². The summed E-state index contributed by atoms with van der Waals surface area (Å²) in [5.41, 5.74) is 6.65. The Labute approximate surface area is 93.0 Å². The molecule has 84 valence electrons. The van der Waals surface area contributed by atoms with Gasteiger partial charge in [0.1, 0.15) is 6.10 Å². The Kier molecular flexibility index (Phi) is 2.55. The lowest BCUT2D eigenvalue weighted by molar-refractivity contribution is -0.165. The fourth-order valence-corrected chi connectivity index (χ4v) is 1.76. The maximum atomic E-state index is 9.84. The third-order valence-corrected chi connectivity index (χ3v) is 2.59. The zero-order valence-corrected chi connectivity index (χ0v) is 8.54. The van der Waals surface area contributed by atoms with Crippen LogP contribution in [0.5, 0.6) is 0 Å². The van der Waals surface area contributed by atoms with Gasteiger partial charge in [0, 0.05) is 11.3 Å². The number of nitrogens with two attached hydrogens (primary N) is 1. The van der Waals surface area contributed by atoms with E-state index in [4.69, 9.17) is 5.73 Å². The molecule has 1 atom stereocenters. The van der Waals surface area contributed by atoms with Crippen LogP contribution >= 0.6 is 0 Å². The first-order valence-corrected chi connectivity index (χ1v) is 4.90. The van der Waals surface area contributed by atoms with Crippen molar-refractivity contribution in [2.45, 2.75) is 11.9 Å².